The molecule has 1 aliphatic carbocycles. The molecule has 1 aromatic carbocycles. The molecule has 0 radical (unpaired) electrons. The first-order chi connectivity index (χ1) is 7.48. The molecule has 0 unspecified atom stereocenters. The monoisotopic (exact) mass is 217 g/mol. The molecule has 2 rings (SSSR count). The fourth-order valence-corrected chi connectivity index (χ4v) is 2.02. The third-order valence-electron chi connectivity index (χ3n) is 3.33. The van der Waals surface area contributed by atoms with E-state index in [2.05, 4.69) is 12.1 Å². The third kappa shape index (κ3) is 2.17. The second-order valence-electron chi connectivity index (χ2n) is 5.30. The first-order valence-electron chi connectivity index (χ1n) is 5.92. The molecule has 0 aliphatic heterocycles. The summed E-state index contributed by atoms with van der Waals surface area (Å²) in [5.41, 5.74) is 7.09. The van der Waals surface area contributed by atoms with E-state index in [4.69, 9.17) is 5.73 Å². The third-order valence-corrected chi connectivity index (χ3v) is 3.33. The van der Waals surface area contributed by atoms with Crippen molar-refractivity contribution >= 4 is 5.78 Å². The lowest BCUT2D eigenvalue weighted by molar-refractivity contribution is 0.0913. The molecule has 1 fully saturated rings. The molecule has 0 atom stereocenters. The van der Waals surface area contributed by atoms with Gasteiger partial charge in [0.2, 0.25) is 0 Å². The molecule has 0 heterocycles. The van der Waals surface area contributed by atoms with Crippen LogP contribution in [0.2, 0.25) is 0 Å². The zero-order valence-corrected chi connectivity index (χ0v) is 9.99. The number of hydrogen-bond donors (Lipinski definition) is 1. The van der Waals surface area contributed by atoms with Crippen molar-refractivity contribution in [1.82, 2.24) is 0 Å². The van der Waals surface area contributed by atoms with E-state index in [1.54, 1.807) is 13.8 Å². The highest BCUT2D eigenvalue weighted by atomic mass is 16.1. The van der Waals surface area contributed by atoms with Gasteiger partial charge < -0.3 is 5.73 Å². The number of rotatable bonds is 3. The summed E-state index contributed by atoms with van der Waals surface area (Å²) in [6, 6.07) is 7.96. The van der Waals surface area contributed by atoms with Crippen molar-refractivity contribution in [1.29, 1.82) is 0 Å². The van der Waals surface area contributed by atoms with Gasteiger partial charge in [-0.2, -0.15) is 0 Å². The maximum Gasteiger partial charge on any atom is 0.182 e. The van der Waals surface area contributed by atoms with Gasteiger partial charge in [0, 0.05) is 5.56 Å². The van der Waals surface area contributed by atoms with Crippen LogP contribution in [0.15, 0.2) is 24.3 Å². The van der Waals surface area contributed by atoms with Gasteiger partial charge in [-0.3, -0.25) is 4.79 Å². The normalized spacial score (nSPS) is 16.9. The summed E-state index contributed by atoms with van der Waals surface area (Å²) < 4.78 is 0. The van der Waals surface area contributed by atoms with Gasteiger partial charge in [0.1, 0.15) is 0 Å². The van der Waals surface area contributed by atoms with E-state index < -0.39 is 5.54 Å². The van der Waals surface area contributed by atoms with Gasteiger partial charge in [-0.15, -0.1) is 0 Å². The van der Waals surface area contributed by atoms with Crippen LogP contribution in [0.3, 0.4) is 0 Å². The number of carbonyl (C=O) groups excluding carboxylic acids is 1. The molecular weight excluding hydrogens is 198 g/mol. The van der Waals surface area contributed by atoms with E-state index in [1.807, 2.05) is 12.1 Å². The predicted octanol–water partition coefficient (Wildman–Crippen LogP) is 2.87. The first kappa shape index (κ1) is 11.3. The van der Waals surface area contributed by atoms with Gasteiger partial charge in [0.25, 0.3) is 0 Å². The first-order valence-corrected chi connectivity index (χ1v) is 5.92. The molecule has 86 valence electrons. The van der Waals surface area contributed by atoms with Crippen molar-refractivity contribution in [2.45, 2.75) is 44.6 Å². The topological polar surface area (TPSA) is 43.1 Å². The van der Waals surface area contributed by atoms with Crippen molar-refractivity contribution < 1.29 is 4.79 Å². The zero-order chi connectivity index (χ0) is 11.8. The molecule has 0 aromatic heterocycles. The molecule has 1 saturated carbocycles. The maximum absolute atomic E-state index is 11.9. The number of nitrogens with two attached hydrogens (primary N) is 1. The highest BCUT2D eigenvalue weighted by Gasteiger charge is 2.24. The Morgan fingerprint density at radius 3 is 2.19 bits per heavy atom. The molecule has 2 nitrogen and oxygen atoms in total. The number of ketones is 1. The van der Waals surface area contributed by atoms with Gasteiger partial charge in [0.15, 0.2) is 5.78 Å². The van der Waals surface area contributed by atoms with E-state index in [0.29, 0.717) is 0 Å². The van der Waals surface area contributed by atoms with Gasteiger partial charge >= 0.3 is 0 Å². The van der Waals surface area contributed by atoms with Crippen molar-refractivity contribution in [2.75, 3.05) is 0 Å². The Morgan fingerprint density at radius 2 is 1.81 bits per heavy atom. The number of hydrogen-bond acceptors (Lipinski definition) is 2. The van der Waals surface area contributed by atoms with Crippen molar-refractivity contribution in [3.63, 3.8) is 0 Å². The molecule has 0 amide bonds. The van der Waals surface area contributed by atoms with Crippen LogP contribution >= 0.6 is 0 Å². The minimum Gasteiger partial charge on any atom is -0.319 e. The number of carbonyl (C=O) groups is 1. The molecule has 0 saturated heterocycles. The Hall–Kier alpha value is -1.15. The summed E-state index contributed by atoms with van der Waals surface area (Å²) in [6.07, 6.45) is 3.91. The highest BCUT2D eigenvalue weighted by molar-refractivity contribution is 6.02. The fraction of sp³-hybridized carbons (Fsp3) is 0.500. The van der Waals surface area contributed by atoms with Crippen molar-refractivity contribution in [2.24, 2.45) is 5.73 Å². The molecular formula is C14H19NO. The summed E-state index contributed by atoms with van der Waals surface area (Å²) in [6.45, 7) is 3.49. The lowest BCUT2D eigenvalue weighted by Gasteiger charge is -2.26. The Labute approximate surface area is 96.8 Å². The lowest BCUT2D eigenvalue weighted by atomic mass is 9.79. The van der Waals surface area contributed by atoms with Crippen LogP contribution < -0.4 is 5.73 Å². The van der Waals surface area contributed by atoms with Crippen LogP contribution in [0, 0.1) is 0 Å². The largest absolute Gasteiger partial charge is 0.319 e. The summed E-state index contributed by atoms with van der Waals surface area (Å²) in [5.74, 6) is 0.725. The van der Waals surface area contributed by atoms with E-state index in [1.165, 1.54) is 24.8 Å². The van der Waals surface area contributed by atoms with Crippen LogP contribution in [0.25, 0.3) is 0 Å². The van der Waals surface area contributed by atoms with Crippen LogP contribution in [0.4, 0.5) is 0 Å². The Balaban J connectivity index is 2.15. The standard InChI is InChI=1S/C14H19NO/c1-14(2,15)13(16)12-8-6-11(7-9-12)10-4-3-5-10/h6-10H,3-5,15H2,1-2H3. The zero-order valence-electron chi connectivity index (χ0n) is 9.99. The quantitative estimate of drug-likeness (QED) is 0.791. The van der Waals surface area contributed by atoms with Gasteiger partial charge in [0.05, 0.1) is 5.54 Å². The minimum absolute atomic E-state index is 0.00709. The van der Waals surface area contributed by atoms with Crippen molar-refractivity contribution in [3.8, 4) is 0 Å². The molecule has 2 N–H and O–H groups in total. The predicted molar refractivity (Wildman–Crippen MR) is 65.6 cm³/mol. The Kier molecular flexibility index (Phi) is 2.85. The van der Waals surface area contributed by atoms with Crippen LogP contribution in [0.5, 0.6) is 0 Å². The summed E-state index contributed by atoms with van der Waals surface area (Å²) >= 11 is 0. The van der Waals surface area contributed by atoms with Gasteiger partial charge in [-0.1, -0.05) is 30.7 Å². The Bertz CT molecular complexity index is 382. The fourth-order valence-electron chi connectivity index (χ4n) is 2.02. The lowest BCUT2D eigenvalue weighted by Crippen LogP contribution is -2.41. The average Bonchev–Trinajstić information content (AvgIpc) is 2.14. The second kappa shape index (κ2) is 4.02. The highest BCUT2D eigenvalue weighted by Crippen LogP contribution is 2.36. The maximum atomic E-state index is 11.9. The van der Waals surface area contributed by atoms with Gasteiger partial charge in [-0.05, 0) is 38.2 Å². The van der Waals surface area contributed by atoms with Crippen LogP contribution in [0.1, 0.15) is 54.9 Å². The average molecular weight is 217 g/mol. The van der Waals surface area contributed by atoms with Crippen LogP contribution in [-0.4, -0.2) is 11.3 Å². The van der Waals surface area contributed by atoms with E-state index in [0.717, 1.165) is 11.5 Å². The molecule has 0 spiro atoms. The minimum atomic E-state index is -0.780. The van der Waals surface area contributed by atoms with E-state index >= 15 is 0 Å². The molecule has 16 heavy (non-hydrogen) atoms. The van der Waals surface area contributed by atoms with Crippen LogP contribution in [-0.2, 0) is 0 Å². The van der Waals surface area contributed by atoms with Gasteiger partial charge in [-0.25, -0.2) is 0 Å². The smallest absolute Gasteiger partial charge is 0.182 e. The second-order valence-corrected chi connectivity index (χ2v) is 5.30. The molecule has 1 aliphatic rings. The number of benzene rings is 1. The number of Topliss-reactive ketones (excluding diaryl/α,β-unsaturated/α-hetero) is 1. The molecule has 2 heteroatoms. The van der Waals surface area contributed by atoms with E-state index in [9.17, 15) is 4.79 Å². The summed E-state index contributed by atoms with van der Waals surface area (Å²) in [4.78, 5) is 11.9. The SMILES string of the molecule is CC(C)(N)C(=O)c1ccc(C2CCC2)cc1. The summed E-state index contributed by atoms with van der Waals surface area (Å²) in [7, 11) is 0. The van der Waals surface area contributed by atoms with E-state index in [-0.39, 0.29) is 5.78 Å². The Morgan fingerprint density at radius 1 is 1.25 bits per heavy atom. The van der Waals surface area contributed by atoms with Crippen molar-refractivity contribution in [3.05, 3.63) is 35.4 Å². The molecule has 1 aromatic rings. The summed E-state index contributed by atoms with van der Waals surface area (Å²) in [5, 5.41) is 0. The molecule has 0 bridgehead atoms.